The number of nitriles is 1. The number of rotatable bonds is 10. The molecule has 1 saturated heterocycles. The van der Waals surface area contributed by atoms with E-state index in [0.717, 1.165) is 6.42 Å². The van der Waals surface area contributed by atoms with Crippen LogP contribution in [0.1, 0.15) is 51.3 Å². The summed E-state index contributed by atoms with van der Waals surface area (Å²) in [7, 11) is -1.60. The summed E-state index contributed by atoms with van der Waals surface area (Å²) < 4.78 is 24.6. The van der Waals surface area contributed by atoms with Crippen molar-refractivity contribution < 1.29 is 18.3 Å². The van der Waals surface area contributed by atoms with E-state index < -0.39 is 26.1 Å². The van der Waals surface area contributed by atoms with Gasteiger partial charge in [0.15, 0.2) is 0 Å². The van der Waals surface area contributed by atoms with Gasteiger partial charge in [0.2, 0.25) is 0 Å². The average molecular weight is 399 g/mol. The maximum atomic E-state index is 12.1. The van der Waals surface area contributed by atoms with Gasteiger partial charge in [-0.3, -0.25) is 14.3 Å². The summed E-state index contributed by atoms with van der Waals surface area (Å²) in [6.07, 6.45) is 2.61. The Labute approximate surface area is 159 Å². The molecular weight excluding hydrogens is 373 g/mol. The molecular formula is C17H26N3O6P. The Hall–Kier alpha value is -1.56. The molecule has 10 heteroatoms. The Morgan fingerprint density at radius 2 is 2.11 bits per heavy atom. The molecule has 1 fully saturated rings. The number of aryl methyl sites for hydroxylation is 1. The molecule has 2 unspecified atom stereocenters. The molecule has 150 valence electrons. The summed E-state index contributed by atoms with van der Waals surface area (Å²) in [5.41, 5.74) is -0.485. The fraction of sp³-hybridized carbons (Fsp3) is 0.706. The van der Waals surface area contributed by atoms with Gasteiger partial charge in [0.05, 0.1) is 37.9 Å². The number of aromatic nitrogens is 2. The fourth-order valence-electron chi connectivity index (χ4n) is 2.68. The van der Waals surface area contributed by atoms with Crippen molar-refractivity contribution in [1.29, 1.82) is 5.26 Å². The van der Waals surface area contributed by atoms with Gasteiger partial charge >= 0.3 is 14.3 Å². The molecule has 1 N–H and O–H groups in total. The summed E-state index contributed by atoms with van der Waals surface area (Å²) in [6.45, 7) is 6.31. The predicted octanol–water partition coefficient (Wildman–Crippen LogP) is 2.51. The molecule has 1 aromatic rings. The van der Waals surface area contributed by atoms with Gasteiger partial charge < -0.3 is 18.3 Å². The first-order valence-electron chi connectivity index (χ1n) is 9.07. The summed E-state index contributed by atoms with van der Waals surface area (Å²) in [6, 6.07) is 2.02. The molecule has 9 nitrogen and oxygen atoms in total. The Balaban J connectivity index is 2.10. The first-order valence-corrected chi connectivity index (χ1v) is 10.2. The van der Waals surface area contributed by atoms with E-state index in [2.05, 4.69) is 4.98 Å². The Kier molecular flexibility index (Phi) is 8.61. The smallest absolute Gasteiger partial charge is 0.333 e. The molecule has 0 aromatic carbocycles. The van der Waals surface area contributed by atoms with E-state index in [9.17, 15) is 9.59 Å². The van der Waals surface area contributed by atoms with Crippen LogP contribution in [-0.4, -0.2) is 35.0 Å². The molecule has 1 aliphatic heterocycles. The fourth-order valence-corrected chi connectivity index (χ4v) is 3.90. The van der Waals surface area contributed by atoms with Crippen molar-refractivity contribution in [2.24, 2.45) is 0 Å². The normalized spacial score (nSPS) is 23.3. The second-order valence-electron chi connectivity index (χ2n) is 6.19. The summed E-state index contributed by atoms with van der Waals surface area (Å²) in [5, 5.41) is 8.67. The molecule has 2 heterocycles. The second-order valence-corrected chi connectivity index (χ2v) is 7.37. The maximum absolute atomic E-state index is 12.1. The van der Waals surface area contributed by atoms with Crippen LogP contribution in [0.2, 0.25) is 0 Å². The molecule has 0 saturated carbocycles. The third-order valence-corrected chi connectivity index (χ3v) is 5.30. The summed E-state index contributed by atoms with van der Waals surface area (Å²) in [4.78, 5) is 26.0. The maximum Gasteiger partial charge on any atom is 0.333 e. The number of hydrogen-bond acceptors (Lipinski definition) is 7. The highest BCUT2D eigenvalue weighted by molar-refractivity contribution is 7.41. The topological polar surface area (TPSA) is 116 Å². The lowest BCUT2D eigenvalue weighted by Crippen LogP contribution is -2.33. The zero-order valence-corrected chi connectivity index (χ0v) is 16.7. The van der Waals surface area contributed by atoms with Crippen LogP contribution in [0, 0.1) is 18.3 Å². The highest BCUT2D eigenvalue weighted by atomic mass is 31.2. The number of nitrogens with zero attached hydrogens (tertiary/aromatic N) is 2. The van der Waals surface area contributed by atoms with Crippen LogP contribution in [0.25, 0.3) is 0 Å². The molecule has 27 heavy (non-hydrogen) atoms. The van der Waals surface area contributed by atoms with Crippen molar-refractivity contribution in [2.75, 3.05) is 13.2 Å². The van der Waals surface area contributed by atoms with E-state index in [-0.39, 0.29) is 25.2 Å². The minimum absolute atomic E-state index is 0.232. The lowest BCUT2D eigenvalue weighted by Gasteiger charge is -2.22. The minimum Gasteiger partial charge on any atom is -0.352 e. The highest BCUT2D eigenvalue weighted by Crippen LogP contribution is 2.46. The van der Waals surface area contributed by atoms with Crippen LogP contribution in [-0.2, 0) is 18.3 Å². The SMILES string of the molecule is CCCOP(OCCC#N)OC1C[C@H](n2cc(C)c(=O)[nH]c2=O)O[C@@H]1CC. The lowest BCUT2D eigenvalue weighted by atomic mass is 10.1. The Bertz CT molecular complexity index is 758. The minimum atomic E-state index is -1.60. The van der Waals surface area contributed by atoms with Crippen LogP contribution in [0.4, 0.5) is 0 Å². The first kappa shape index (κ1) is 21.7. The van der Waals surface area contributed by atoms with Crippen molar-refractivity contribution in [1.82, 2.24) is 9.55 Å². The van der Waals surface area contributed by atoms with Crippen molar-refractivity contribution >= 4 is 8.60 Å². The molecule has 0 amide bonds. The van der Waals surface area contributed by atoms with Crippen molar-refractivity contribution in [3.63, 3.8) is 0 Å². The first-order chi connectivity index (χ1) is 13.0. The number of hydrogen-bond donors (Lipinski definition) is 1. The average Bonchev–Trinajstić information content (AvgIpc) is 3.05. The van der Waals surface area contributed by atoms with Crippen LogP contribution in [0.15, 0.2) is 15.8 Å². The molecule has 1 aromatic heterocycles. The molecule has 0 bridgehead atoms. The molecule has 1 aliphatic rings. The van der Waals surface area contributed by atoms with E-state index in [4.69, 9.17) is 23.6 Å². The molecule has 0 aliphatic carbocycles. The zero-order valence-electron chi connectivity index (χ0n) is 15.8. The van der Waals surface area contributed by atoms with E-state index in [0.29, 0.717) is 25.0 Å². The highest BCUT2D eigenvalue weighted by Gasteiger charge is 2.38. The van der Waals surface area contributed by atoms with Gasteiger partial charge in [-0.1, -0.05) is 13.8 Å². The summed E-state index contributed by atoms with van der Waals surface area (Å²) >= 11 is 0. The second kappa shape index (κ2) is 10.7. The molecule has 4 atom stereocenters. The van der Waals surface area contributed by atoms with Gasteiger partial charge in [-0.05, 0) is 19.8 Å². The van der Waals surface area contributed by atoms with Gasteiger partial charge in [0, 0.05) is 18.2 Å². The van der Waals surface area contributed by atoms with Crippen LogP contribution < -0.4 is 11.2 Å². The van der Waals surface area contributed by atoms with E-state index >= 15 is 0 Å². The van der Waals surface area contributed by atoms with Crippen molar-refractivity contribution in [3.05, 3.63) is 32.6 Å². The van der Waals surface area contributed by atoms with Crippen LogP contribution in [0.3, 0.4) is 0 Å². The number of H-pyrrole nitrogens is 1. The van der Waals surface area contributed by atoms with Crippen LogP contribution >= 0.6 is 8.60 Å². The standard InChI is InChI=1S/C17H26N3O6P/c1-4-8-23-27(24-9-6-7-18)26-14-10-15(25-13(14)5-2)20-11-12(3)16(21)19-17(20)22/h11,13-15H,4-6,8-10H2,1-3H3,(H,19,21,22)/t13-,14?,15-,27?/m1/s1. The quantitative estimate of drug-likeness (QED) is 0.475. The molecule has 0 radical (unpaired) electrons. The third kappa shape index (κ3) is 5.96. The Morgan fingerprint density at radius 1 is 1.37 bits per heavy atom. The van der Waals surface area contributed by atoms with Gasteiger partial charge in [0.25, 0.3) is 5.56 Å². The van der Waals surface area contributed by atoms with Gasteiger partial charge in [-0.15, -0.1) is 0 Å². The van der Waals surface area contributed by atoms with Gasteiger partial charge in [-0.2, -0.15) is 5.26 Å². The lowest BCUT2D eigenvalue weighted by molar-refractivity contribution is -0.0212. The van der Waals surface area contributed by atoms with Crippen LogP contribution in [0.5, 0.6) is 0 Å². The van der Waals surface area contributed by atoms with E-state index in [1.165, 1.54) is 10.8 Å². The Morgan fingerprint density at radius 3 is 2.78 bits per heavy atom. The number of ether oxygens (including phenoxy) is 1. The molecule has 0 spiro atoms. The van der Waals surface area contributed by atoms with Crippen molar-refractivity contribution in [3.8, 4) is 6.07 Å². The van der Waals surface area contributed by atoms with E-state index in [1.807, 2.05) is 19.9 Å². The summed E-state index contributed by atoms with van der Waals surface area (Å²) in [5.74, 6) is 0. The van der Waals surface area contributed by atoms with Crippen molar-refractivity contribution in [2.45, 2.75) is 64.9 Å². The van der Waals surface area contributed by atoms with Gasteiger partial charge in [-0.25, -0.2) is 4.79 Å². The third-order valence-electron chi connectivity index (χ3n) is 4.07. The van der Waals surface area contributed by atoms with Gasteiger partial charge in [0.1, 0.15) is 6.23 Å². The molecule has 2 rings (SSSR count). The monoisotopic (exact) mass is 399 g/mol. The number of nitrogens with one attached hydrogen (secondary N) is 1. The zero-order chi connectivity index (χ0) is 19.8. The predicted molar refractivity (Wildman–Crippen MR) is 99.1 cm³/mol. The van der Waals surface area contributed by atoms with E-state index in [1.54, 1.807) is 6.92 Å². The largest absolute Gasteiger partial charge is 0.352 e. The number of aromatic amines is 1.